The van der Waals surface area contributed by atoms with E-state index in [1.807, 2.05) is 38.1 Å². The molecule has 2 aromatic carbocycles. The van der Waals surface area contributed by atoms with Crippen LogP contribution in [0.15, 0.2) is 48.5 Å². The number of carbonyl (C=O) groups excluding carboxylic acids is 1. The lowest BCUT2D eigenvalue weighted by molar-refractivity contribution is 0.0948. The van der Waals surface area contributed by atoms with Crippen LogP contribution in [0.25, 0.3) is 0 Å². The lowest BCUT2D eigenvalue weighted by Crippen LogP contribution is -2.33. The van der Waals surface area contributed by atoms with Crippen molar-refractivity contribution >= 4 is 23.5 Å². The number of nitrogen functional groups attached to an aromatic ring is 1. The van der Waals surface area contributed by atoms with Crippen molar-refractivity contribution in [1.82, 2.24) is 19.7 Å². The van der Waals surface area contributed by atoms with Crippen LogP contribution in [0.1, 0.15) is 43.5 Å². The van der Waals surface area contributed by atoms with E-state index in [9.17, 15) is 4.79 Å². The average Bonchev–Trinajstić information content (AvgIpc) is 3.20. The second-order valence-electron chi connectivity index (χ2n) is 8.60. The molecule has 1 aromatic heterocycles. The number of piperidine rings is 1. The normalized spacial score (nSPS) is 14.2. The minimum atomic E-state index is -0.347. The van der Waals surface area contributed by atoms with Crippen LogP contribution in [0.3, 0.4) is 0 Å². The Kier molecular flexibility index (Phi) is 7.64. The molecule has 0 bridgehead atoms. The van der Waals surface area contributed by atoms with E-state index in [-0.39, 0.29) is 23.9 Å². The Balaban J connectivity index is 1.37. The van der Waals surface area contributed by atoms with Crippen molar-refractivity contribution in [3.8, 4) is 11.5 Å². The molecule has 0 unspecified atom stereocenters. The minimum absolute atomic E-state index is 0.00766. The largest absolute Gasteiger partial charge is 0.492 e. The highest BCUT2D eigenvalue weighted by atomic mass is 16.5. The van der Waals surface area contributed by atoms with Crippen LogP contribution in [0.5, 0.6) is 11.5 Å². The Morgan fingerprint density at radius 3 is 2.38 bits per heavy atom. The molecule has 0 radical (unpaired) electrons. The summed E-state index contributed by atoms with van der Waals surface area (Å²) in [6.45, 7) is 7.81. The van der Waals surface area contributed by atoms with Crippen molar-refractivity contribution in [2.45, 2.75) is 39.2 Å². The fourth-order valence-corrected chi connectivity index (χ4v) is 3.86. The van der Waals surface area contributed by atoms with E-state index in [1.54, 1.807) is 24.3 Å². The molecule has 34 heavy (non-hydrogen) atoms. The second-order valence-corrected chi connectivity index (χ2v) is 8.60. The molecule has 180 valence electrons. The Hall–Kier alpha value is -3.59. The van der Waals surface area contributed by atoms with Crippen molar-refractivity contribution in [2.24, 2.45) is 0 Å². The molecule has 3 N–H and O–H groups in total. The van der Waals surface area contributed by atoms with Crippen molar-refractivity contribution in [3.63, 3.8) is 0 Å². The minimum Gasteiger partial charge on any atom is -0.492 e. The van der Waals surface area contributed by atoms with Gasteiger partial charge in [0.2, 0.25) is 11.9 Å². The summed E-state index contributed by atoms with van der Waals surface area (Å²) in [5.74, 6) is 1.39. The number of nitrogens with zero attached hydrogens (tertiary/aromatic N) is 4. The molecule has 0 spiro atoms. The zero-order valence-corrected chi connectivity index (χ0v) is 19.7. The van der Waals surface area contributed by atoms with Crippen molar-refractivity contribution in [1.29, 1.82) is 0 Å². The van der Waals surface area contributed by atoms with Gasteiger partial charge in [-0.1, -0.05) is 6.42 Å². The fourth-order valence-electron chi connectivity index (χ4n) is 3.86. The van der Waals surface area contributed by atoms with Gasteiger partial charge in [-0.25, -0.2) is 0 Å². The third kappa shape index (κ3) is 6.26. The molecule has 4 rings (SSSR count). The monoisotopic (exact) mass is 464 g/mol. The maximum atomic E-state index is 13.0. The van der Waals surface area contributed by atoms with Gasteiger partial charge in [-0.3, -0.25) is 9.69 Å². The van der Waals surface area contributed by atoms with E-state index >= 15 is 0 Å². The fraction of sp³-hybridized carbons (Fsp3) is 0.400. The Morgan fingerprint density at radius 1 is 1.03 bits per heavy atom. The highest BCUT2D eigenvalue weighted by Crippen LogP contribution is 2.21. The maximum Gasteiger partial charge on any atom is 0.281 e. The lowest BCUT2D eigenvalue weighted by atomic mass is 10.1. The predicted octanol–water partition coefficient (Wildman–Crippen LogP) is 3.94. The summed E-state index contributed by atoms with van der Waals surface area (Å²) in [6.07, 6.45) is 3.93. The van der Waals surface area contributed by atoms with Crippen molar-refractivity contribution < 1.29 is 14.3 Å². The number of benzene rings is 2. The number of rotatable bonds is 9. The summed E-state index contributed by atoms with van der Waals surface area (Å²) in [5.41, 5.74) is 6.98. The number of hydrogen-bond acceptors (Lipinski definition) is 8. The van der Waals surface area contributed by atoms with Gasteiger partial charge in [-0.2, -0.15) is 9.67 Å². The van der Waals surface area contributed by atoms with Gasteiger partial charge in [0.05, 0.1) is 6.10 Å². The standard InChI is InChI=1S/C25H32N6O3/c1-18(2)34-22-10-6-19(7-11-22)23(32)31-25(28-24(26)29-31)27-20-8-12-21(13-9-20)33-17-16-30-14-4-3-5-15-30/h6-13,18H,3-5,14-17H2,1-2H3,(H3,26,27,28,29). The van der Waals surface area contributed by atoms with Crippen LogP contribution in [0, 0.1) is 0 Å². The molecule has 0 amide bonds. The van der Waals surface area contributed by atoms with Crippen LogP contribution in [-0.4, -0.2) is 57.9 Å². The number of nitrogens with one attached hydrogen (secondary N) is 1. The van der Waals surface area contributed by atoms with Crippen LogP contribution in [0.4, 0.5) is 17.6 Å². The lowest BCUT2D eigenvalue weighted by Gasteiger charge is -2.26. The summed E-state index contributed by atoms with van der Waals surface area (Å²) < 4.78 is 12.7. The highest BCUT2D eigenvalue weighted by molar-refractivity contribution is 5.97. The summed E-state index contributed by atoms with van der Waals surface area (Å²) in [7, 11) is 0. The van der Waals surface area contributed by atoms with Gasteiger partial charge in [0.1, 0.15) is 18.1 Å². The first-order valence-corrected chi connectivity index (χ1v) is 11.7. The topological polar surface area (TPSA) is 108 Å². The zero-order valence-electron chi connectivity index (χ0n) is 19.7. The number of hydrogen-bond donors (Lipinski definition) is 2. The van der Waals surface area contributed by atoms with E-state index in [1.165, 1.54) is 19.3 Å². The van der Waals surface area contributed by atoms with Crippen LogP contribution in [-0.2, 0) is 0 Å². The smallest absolute Gasteiger partial charge is 0.281 e. The van der Waals surface area contributed by atoms with Gasteiger partial charge >= 0.3 is 0 Å². The molecule has 1 fully saturated rings. The molecule has 1 aliphatic heterocycles. The number of aromatic nitrogens is 3. The quantitative estimate of drug-likeness (QED) is 0.490. The van der Waals surface area contributed by atoms with E-state index in [2.05, 4.69) is 20.3 Å². The first kappa shape index (κ1) is 23.6. The Labute approximate surface area is 199 Å². The van der Waals surface area contributed by atoms with Gasteiger partial charge in [0.25, 0.3) is 5.91 Å². The molecular formula is C25H32N6O3. The third-order valence-electron chi connectivity index (χ3n) is 5.52. The summed E-state index contributed by atoms with van der Waals surface area (Å²) in [4.78, 5) is 19.6. The SMILES string of the molecule is CC(C)Oc1ccc(C(=O)n2nc(N)nc2Nc2ccc(OCCN3CCCCC3)cc2)cc1. The Morgan fingerprint density at radius 2 is 1.71 bits per heavy atom. The molecule has 9 nitrogen and oxygen atoms in total. The highest BCUT2D eigenvalue weighted by Gasteiger charge is 2.17. The van der Waals surface area contributed by atoms with E-state index in [0.29, 0.717) is 17.9 Å². The first-order chi connectivity index (χ1) is 16.5. The predicted molar refractivity (Wildman–Crippen MR) is 132 cm³/mol. The average molecular weight is 465 g/mol. The van der Waals surface area contributed by atoms with Crippen molar-refractivity contribution in [2.75, 3.05) is 37.3 Å². The number of nitrogens with two attached hydrogens (primary N) is 1. The molecule has 0 saturated carbocycles. The van der Waals surface area contributed by atoms with Crippen molar-refractivity contribution in [3.05, 3.63) is 54.1 Å². The number of carbonyl (C=O) groups is 1. The van der Waals surface area contributed by atoms with Gasteiger partial charge < -0.3 is 20.5 Å². The maximum absolute atomic E-state index is 13.0. The second kappa shape index (κ2) is 11.0. The van der Waals surface area contributed by atoms with E-state index < -0.39 is 0 Å². The molecule has 2 heterocycles. The third-order valence-corrected chi connectivity index (χ3v) is 5.52. The first-order valence-electron chi connectivity index (χ1n) is 11.7. The Bertz CT molecular complexity index is 1070. The molecule has 9 heteroatoms. The number of likely N-dealkylation sites (tertiary alicyclic amines) is 1. The summed E-state index contributed by atoms with van der Waals surface area (Å²) in [5, 5.41) is 7.18. The molecule has 1 saturated heterocycles. The number of anilines is 3. The number of ether oxygens (including phenoxy) is 2. The molecule has 1 aliphatic rings. The van der Waals surface area contributed by atoms with Crippen LogP contribution < -0.4 is 20.5 Å². The van der Waals surface area contributed by atoms with Gasteiger partial charge in [0, 0.05) is 17.8 Å². The van der Waals surface area contributed by atoms with Crippen LogP contribution in [0.2, 0.25) is 0 Å². The van der Waals surface area contributed by atoms with Gasteiger partial charge in [-0.15, -0.1) is 5.10 Å². The molecule has 0 aliphatic carbocycles. The zero-order chi connectivity index (χ0) is 23.9. The molecule has 3 aromatic rings. The van der Waals surface area contributed by atoms with Gasteiger partial charge in [-0.05, 0) is 88.3 Å². The molecule has 0 atom stereocenters. The van der Waals surface area contributed by atoms with Gasteiger partial charge in [0.15, 0.2) is 0 Å². The van der Waals surface area contributed by atoms with Crippen LogP contribution >= 0.6 is 0 Å². The summed E-state index contributed by atoms with van der Waals surface area (Å²) in [6, 6.07) is 14.4. The van der Waals surface area contributed by atoms with E-state index in [4.69, 9.17) is 15.2 Å². The summed E-state index contributed by atoms with van der Waals surface area (Å²) >= 11 is 0. The molecular weight excluding hydrogens is 432 g/mol. The van der Waals surface area contributed by atoms with E-state index in [0.717, 1.165) is 35.8 Å².